The molecule has 2 aromatic rings. The van der Waals surface area contributed by atoms with Gasteiger partial charge in [0, 0.05) is 6.54 Å². The number of carbonyl (C=O) groups is 1. The standard InChI is InChI=1S/C12H10FN5O2/c13-8-1-2-10-9(7-8)12(20)18(17-16-10)6-5-15-11(19)3-4-14/h1-2,7H,3,5-6H2,(H,15,19). The monoisotopic (exact) mass is 275 g/mol. The van der Waals surface area contributed by atoms with E-state index in [-0.39, 0.29) is 24.9 Å². The van der Waals surface area contributed by atoms with Gasteiger partial charge in [0.15, 0.2) is 0 Å². The molecule has 8 heteroatoms. The van der Waals surface area contributed by atoms with Crippen LogP contribution in [-0.2, 0) is 11.3 Å². The smallest absolute Gasteiger partial charge is 0.277 e. The fourth-order valence-corrected chi connectivity index (χ4v) is 1.63. The minimum absolute atomic E-state index is 0.0927. The van der Waals surface area contributed by atoms with Gasteiger partial charge in [0.2, 0.25) is 5.91 Å². The molecule has 2 rings (SSSR count). The maximum Gasteiger partial charge on any atom is 0.277 e. The van der Waals surface area contributed by atoms with Crippen LogP contribution in [0.25, 0.3) is 10.9 Å². The van der Waals surface area contributed by atoms with Crippen LogP contribution in [0.3, 0.4) is 0 Å². The molecule has 0 aliphatic carbocycles. The second-order valence-corrected chi connectivity index (χ2v) is 3.96. The zero-order valence-electron chi connectivity index (χ0n) is 10.3. The molecule has 0 aliphatic rings. The van der Waals surface area contributed by atoms with Crippen molar-refractivity contribution in [1.82, 2.24) is 20.3 Å². The third kappa shape index (κ3) is 2.95. The van der Waals surface area contributed by atoms with Crippen LogP contribution in [0.4, 0.5) is 4.39 Å². The molecule has 1 N–H and O–H groups in total. The highest BCUT2D eigenvalue weighted by molar-refractivity contribution is 5.78. The molecule has 7 nitrogen and oxygen atoms in total. The molecule has 0 spiro atoms. The van der Waals surface area contributed by atoms with Crippen molar-refractivity contribution < 1.29 is 9.18 Å². The number of aromatic nitrogens is 3. The number of nitrogens with zero attached hydrogens (tertiary/aromatic N) is 4. The maximum absolute atomic E-state index is 13.1. The molecule has 0 bridgehead atoms. The van der Waals surface area contributed by atoms with E-state index >= 15 is 0 Å². The Bertz CT molecular complexity index is 750. The summed E-state index contributed by atoms with van der Waals surface area (Å²) in [5.74, 6) is -0.961. The van der Waals surface area contributed by atoms with Gasteiger partial charge >= 0.3 is 0 Å². The molecule has 1 heterocycles. The largest absolute Gasteiger partial charge is 0.353 e. The minimum atomic E-state index is -0.531. The Kier molecular flexibility index (Phi) is 4.00. The van der Waals surface area contributed by atoms with Gasteiger partial charge < -0.3 is 5.32 Å². The Hall–Kier alpha value is -2.82. The highest BCUT2D eigenvalue weighted by Gasteiger charge is 2.07. The normalized spacial score (nSPS) is 10.2. The summed E-state index contributed by atoms with van der Waals surface area (Å²) in [6, 6.07) is 5.37. The van der Waals surface area contributed by atoms with Crippen molar-refractivity contribution in [2.45, 2.75) is 13.0 Å². The first kappa shape index (κ1) is 13.6. The summed E-state index contributed by atoms with van der Waals surface area (Å²) in [5.41, 5.74) is -0.176. The molecule has 1 aromatic carbocycles. The lowest BCUT2D eigenvalue weighted by Crippen LogP contribution is -2.32. The van der Waals surface area contributed by atoms with Crippen LogP contribution in [-0.4, -0.2) is 27.4 Å². The van der Waals surface area contributed by atoms with Gasteiger partial charge in [-0.05, 0) is 18.2 Å². The molecule has 1 aromatic heterocycles. The molecule has 20 heavy (non-hydrogen) atoms. The van der Waals surface area contributed by atoms with E-state index in [9.17, 15) is 14.0 Å². The van der Waals surface area contributed by atoms with E-state index in [1.165, 1.54) is 12.1 Å². The summed E-state index contributed by atoms with van der Waals surface area (Å²) in [6.45, 7) is 0.228. The fourth-order valence-electron chi connectivity index (χ4n) is 1.63. The molecule has 0 saturated heterocycles. The predicted molar refractivity (Wildman–Crippen MR) is 67.0 cm³/mol. The quantitative estimate of drug-likeness (QED) is 0.843. The zero-order valence-corrected chi connectivity index (χ0v) is 10.3. The van der Waals surface area contributed by atoms with E-state index in [0.29, 0.717) is 5.52 Å². The number of nitriles is 1. The van der Waals surface area contributed by atoms with E-state index in [2.05, 4.69) is 15.6 Å². The maximum atomic E-state index is 13.1. The molecule has 102 valence electrons. The van der Waals surface area contributed by atoms with E-state index < -0.39 is 17.3 Å². The van der Waals surface area contributed by atoms with Crippen LogP contribution in [0.1, 0.15) is 6.42 Å². The number of nitrogens with one attached hydrogen (secondary N) is 1. The molecule has 1 amide bonds. The Balaban J connectivity index is 2.15. The summed E-state index contributed by atoms with van der Waals surface area (Å²) >= 11 is 0. The lowest BCUT2D eigenvalue weighted by Gasteiger charge is -2.05. The summed E-state index contributed by atoms with van der Waals surface area (Å²) < 4.78 is 14.1. The van der Waals surface area contributed by atoms with E-state index in [1.54, 1.807) is 6.07 Å². The van der Waals surface area contributed by atoms with Crippen LogP contribution < -0.4 is 10.9 Å². The summed E-state index contributed by atoms with van der Waals surface area (Å²) in [5, 5.41) is 18.4. The fraction of sp³-hybridized carbons (Fsp3) is 0.250. The van der Waals surface area contributed by atoms with Crippen LogP contribution in [0.2, 0.25) is 0 Å². The number of rotatable bonds is 4. The minimum Gasteiger partial charge on any atom is -0.353 e. The van der Waals surface area contributed by atoms with Crippen molar-refractivity contribution >= 4 is 16.8 Å². The van der Waals surface area contributed by atoms with Crippen molar-refractivity contribution in [3.8, 4) is 6.07 Å². The number of halogens is 1. The van der Waals surface area contributed by atoms with Gasteiger partial charge in [-0.3, -0.25) is 9.59 Å². The topological polar surface area (TPSA) is 101 Å². The van der Waals surface area contributed by atoms with Crippen LogP contribution in [0.5, 0.6) is 0 Å². The summed E-state index contributed by atoms with van der Waals surface area (Å²) in [7, 11) is 0. The zero-order chi connectivity index (χ0) is 14.5. The average molecular weight is 275 g/mol. The molecule has 0 aliphatic heterocycles. The van der Waals surface area contributed by atoms with Crippen molar-refractivity contribution in [3.63, 3.8) is 0 Å². The van der Waals surface area contributed by atoms with Crippen LogP contribution >= 0.6 is 0 Å². The van der Waals surface area contributed by atoms with Gasteiger partial charge in [-0.2, -0.15) is 5.26 Å². The van der Waals surface area contributed by atoms with Crippen molar-refractivity contribution in [2.75, 3.05) is 6.54 Å². The van der Waals surface area contributed by atoms with Gasteiger partial charge in [-0.15, -0.1) is 5.10 Å². The number of amides is 1. The van der Waals surface area contributed by atoms with Gasteiger partial charge in [0.1, 0.15) is 17.8 Å². The Morgan fingerprint density at radius 1 is 1.50 bits per heavy atom. The van der Waals surface area contributed by atoms with Crippen molar-refractivity contribution in [1.29, 1.82) is 5.26 Å². The lowest BCUT2D eigenvalue weighted by molar-refractivity contribution is -0.120. The molecule has 0 radical (unpaired) electrons. The molecule has 0 fully saturated rings. The number of hydrogen-bond acceptors (Lipinski definition) is 5. The summed E-state index contributed by atoms with van der Waals surface area (Å²) in [6.07, 6.45) is -0.247. The Morgan fingerprint density at radius 3 is 3.05 bits per heavy atom. The molecule has 0 atom stereocenters. The number of fused-ring (bicyclic) bond motifs is 1. The second-order valence-electron chi connectivity index (χ2n) is 3.96. The van der Waals surface area contributed by atoms with Crippen LogP contribution in [0, 0.1) is 17.1 Å². The third-order valence-corrected chi connectivity index (χ3v) is 2.57. The lowest BCUT2D eigenvalue weighted by atomic mass is 10.2. The summed E-state index contributed by atoms with van der Waals surface area (Å²) in [4.78, 5) is 23.1. The average Bonchev–Trinajstić information content (AvgIpc) is 2.42. The first-order valence-electron chi connectivity index (χ1n) is 5.78. The molecular formula is C12H10FN5O2. The predicted octanol–water partition coefficient (Wildman–Crippen LogP) is -0.0395. The number of benzene rings is 1. The Morgan fingerprint density at radius 2 is 2.30 bits per heavy atom. The number of hydrogen-bond donors (Lipinski definition) is 1. The third-order valence-electron chi connectivity index (χ3n) is 2.57. The number of carbonyl (C=O) groups excluding carboxylic acids is 1. The van der Waals surface area contributed by atoms with Gasteiger partial charge in [-0.1, -0.05) is 5.21 Å². The van der Waals surface area contributed by atoms with E-state index in [4.69, 9.17) is 5.26 Å². The highest BCUT2D eigenvalue weighted by atomic mass is 19.1. The van der Waals surface area contributed by atoms with E-state index in [0.717, 1.165) is 10.7 Å². The van der Waals surface area contributed by atoms with Crippen molar-refractivity contribution in [2.24, 2.45) is 0 Å². The van der Waals surface area contributed by atoms with Gasteiger partial charge in [0.25, 0.3) is 5.56 Å². The van der Waals surface area contributed by atoms with Gasteiger partial charge in [0.05, 0.1) is 18.0 Å². The molecule has 0 unspecified atom stereocenters. The first-order valence-corrected chi connectivity index (χ1v) is 5.78. The highest BCUT2D eigenvalue weighted by Crippen LogP contribution is 2.07. The molecular weight excluding hydrogens is 265 g/mol. The Labute approximate surface area is 112 Å². The SMILES string of the molecule is N#CCC(=O)NCCn1nnc2ccc(F)cc2c1=O. The molecule has 0 saturated carbocycles. The van der Waals surface area contributed by atoms with Crippen LogP contribution in [0.15, 0.2) is 23.0 Å². The van der Waals surface area contributed by atoms with Gasteiger partial charge in [-0.25, -0.2) is 9.07 Å². The first-order chi connectivity index (χ1) is 9.61. The van der Waals surface area contributed by atoms with E-state index in [1.807, 2.05) is 0 Å². The van der Waals surface area contributed by atoms with Crippen molar-refractivity contribution in [3.05, 3.63) is 34.4 Å². The second kappa shape index (κ2) is 5.88.